The van der Waals surface area contributed by atoms with Crippen molar-refractivity contribution in [3.05, 3.63) is 34.1 Å². The second-order valence-corrected chi connectivity index (χ2v) is 4.02. The van der Waals surface area contributed by atoms with Crippen LogP contribution in [0.2, 0.25) is 0 Å². The summed E-state index contributed by atoms with van der Waals surface area (Å²) in [5.41, 5.74) is 0.665. The summed E-state index contributed by atoms with van der Waals surface area (Å²) in [7, 11) is 3.57. The molecule has 0 N–H and O–H groups in total. The minimum Gasteiger partial charge on any atom is -0.291 e. The van der Waals surface area contributed by atoms with E-state index in [0.717, 1.165) is 0 Å². The highest BCUT2D eigenvalue weighted by Gasteiger charge is 2.14. The molecule has 0 aliphatic heterocycles. The SMILES string of the molecule is CN(C)C(C#N)c1ccc(Br)c(F)c1. The monoisotopic (exact) mass is 256 g/mol. The Labute approximate surface area is 91.1 Å². The first-order valence-corrected chi connectivity index (χ1v) is 4.86. The van der Waals surface area contributed by atoms with Crippen LogP contribution in [0.4, 0.5) is 4.39 Å². The van der Waals surface area contributed by atoms with E-state index in [-0.39, 0.29) is 5.82 Å². The fraction of sp³-hybridized carbons (Fsp3) is 0.300. The summed E-state index contributed by atoms with van der Waals surface area (Å²) >= 11 is 3.07. The molecule has 0 saturated heterocycles. The molecule has 0 aliphatic carbocycles. The minimum absolute atomic E-state index is 0.343. The smallest absolute Gasteiger partial charge is 0.137 e. The maximum atomic E-state index is 13.2. The molecule has 2 nitrogen and oxygen atoms in total. The third kappa shape index (κ3) is 2.31. The second-order valence-electron chi connectivity index (χ2n) is 3.17. The van der Waals surface area contributed by atoms with E-state index >= 15 is 0 Å². The van der Waals surface area contributed by atoms with Crippen molar-refractivity contribution in [3.63, 3.8) is 0 Å². The van der Waals surface area contributed by atoms with Crippen LogP contribution in [0.25, 0.3) is 0 Å². The Morgan fingerprint density at radius 1 is 1.50 bits per heavy atom. The standard InChI is InChI=1S/C10H10BrFN2/c1-14(2)10(6-13)7-3-4-8(11)9(12)5-7/h3-5,10H,1-2H3. The Morgan fingerprint density at radius 2 is 2.14 bits per heavy atom. The second kappa shape index (κ2) is 4.54. The van der Waals surface area contributed by atoms with Gasteiger partial charge in [0.2, 0.25) is 0 Å². The van der Waals surface area contributed by atoms with Crippen LogP contribution in [0.3, 0.4) is 0 Å². The summed E-state index contributed by atoms with van der Waals surface area (Å²) in [6.07, 6.45) is 0. The Bertz CT molecular complexity index is 371. The van der Waals surface area contributed by atoms with Crippen molar-refractivity contribution in [1.29, 1.82) is 5.26 Å². The van der Waals surface area contributed by atoms with Crippen LogP contribution in [0, 0.1) is 17.1 Å². The Balaban J connectivity index is 3.08. The molecule has 74 valence electrons. The lowest BCUT2D eigenvalue weighted by atomic mass is 10.1. The zero-order valence-electron chi connectivity index (χ0n) is 7.96. The Kier molecular flexibility index (Phi) is 3.62. The van der Waals surface area contributed by atoms with Crippen molar-refractivity contribution in [2.75, 3.05) is 14.1 Å². The Hall–Kier alpha value is -0.920. The molecule has 0 amide bonds. The molecule has 1 atom stereocenters. The molecule has 0 heterocycles. The quantitative estimate of drug-likeness (QED) is 0.814. The van der Waals surface area contributed by atoms with Crippen LogP contribution in [0.5, 0.6) is 0 Å². The van der Waals surface area contributed by atoms with E-state index in [1.165, 1.54) is 6.07 Å². The molecule has 14 heavy (non-hydrogen) atoms. The third-order valence-corrected chi connectivity index (χ3v) is 2.54. The first-order chi connectivity index (χ1) is 6.56. The van der Waals surface area contributed by atoms with E-state index in [1.807, 2.05) is 0 Å². The summed E-state index contributed by atoms with van der Waals surface area (Å²) in [6, 6.07) is 6.42. The maximum Gasteiger partial charge on any atom is 0.137 e. The van der Waals surface area contributed by atoms with E-state index in [9.17, 15) is 4.39 Å². The van der Waals surface area contributed by atoms with Crippen LogP contribution in [-0.2, 0) is 0 Å². The minimum atomic E-state index is -0.405. The van der Waals surface area contributed by atoms with Gasteiger partial charge in [0.25, 0.3) is 0 Å². The van der Waals surface area contributed by atoms with Gasteiger partial charge in [0.15, 0.2) is 0 Å². The molecule has 4 heteroatoms. The van der Waals surface area contributed by atoms with Gasteiger partial charge in [0.1, 0.15) is 11.9 Å². The number of hydrogen-bond acceptors (Lipinski definition) is 2. The van der Waals surface area contributed by atoms with E-state index < -0.39 is 6.04 Å². The van der Waals surface area contributed by atoms with Crippen LogP contribution in [0.1, 0.15) is 11.6 Å². The van der Waals surface area contributed by atoms with Crippen LogP contribution in [-0.4, -0.2) is 19.0 Å². The van der Waals surface area contributed by atoms with Crippen molar-refractivity contribution < 1.29 is 4.39 Å². The van der Waals surface area contributed by atoms with Crippen LogP contribution >= 0.6 is 15.9 Å². The summed E-state index contributed by atoms with van der Waals surface area (Å²) in [6.45, 7) is 0. The van der Waals surface area contributed by atoms with Gasteiger partial charge >= 0.3 is 0 Å². The lowest BCUT2D eigenvalue weighted by Crippen LogP contribution is -2.18. The van der Waals surface area contributed by atoms with E-state index in [2.05, 4.69) is 22.0 Å². The van der Waals surface area contributed by atoms with Crippen molar-refractivity contribution in [2.45, 2.75) is 6.04 Å². The van der Waals surface area contributed by atoms with Crippen molar-refractivity contribution >= 4 is 15.9 Å². The molecule has 1 aromatic carbocycles. The molecule has 0 aliphatic rings. The van der Waals surface area contributed by atoms with Gasteiger partial charge in [0, 0.05) is 0 Å². The van der Waals surface area contributed by atoms with Crippen molar-refractivity contribution in [3.8, 4) is 6.07 Å². The number of nitrogens with zero attached hydrogens (tertiary/aromatic N) is 2. The van der Waals surface area contributed by atoms with Gasteiger partial charge < -0.3 is 0 Å². The summed E-state index contributed by atoms with van der Waals surface area (Å²) < 4.78 is 13.6. The molecule has 0 radical (unpaired) electrons. The molecule has 0 saturated carbocycles. The summed E-state index contributed by atoms with van der Waals surface area (Å²) in [5, 5.41) is 8.88. The molecule has 1 aromatic rings. The van der Waals surface area contributed by atoms with Gasteiger partial charge in [-0.2, -0.15) is 5.26 Å². The lowest BCUT2D eigenvalue weighted by Gasteiger charge is -2.17. The van der Waals surface area contributed by atoms with Gasteiger partial charge in [-0.05, 0) is 47.7 Å². The van der Waals surface area contributed by atoms with Crippen LogP contribution in [0.15, 0.2) is 22.7 Å². The largest absolute Gasteiger partial charge is 0.291 e. The molecule has 0 spiro atoms. The predicted octanol–water partition coefficient (Wildman–Crippen LogP) is 2.71. The fourth-order valence-corrected chi connectivity index (χ4v) is 1.42. The first-order valence-electron chi connectivity index (χ1n) is 4.07. The van der Waals surface area contributed by atoms with Crippen molar-refractivity contribution in [1.82, 2.24) is 4.90 Å². The van der Waals surface area contributed by atoms with Gasteiger partial charge in [-0.1, -0.05) is 6.07 Å². The number of halogens is 2. The molecular weight excluding hydrogens is 247 g/mol. The molecule has 0 fully saturated rings. The lowest BCUT2D eigenvalue weighted by molar-refractivity contribution is 0.357. The normalized spacial score (nSPS) is 12.6. The molecule has 0 aromatic heterocycles. The van der Waals surface area contributed by atoms with Gasteiger partial charge in [-0.25, -0.2) is 4.39 Å². The summed E-state index contributed by atoms with van der Waals surface area (Å²) in [5.74, 6) is -0.343. The molecule has 0 bridgehead atoms. The Morgan fingerprint density at radius 3 is 2.57 bits per heavy atom. The third-order valence-electron chi connectivity index (χ3n) is 1.90. The number of rotatable bonds is 2. The highest BCUT2D eigenvalue weighted by molar-refractivity contribution is 9.10. The highest BCUT2D eigenvalue weighted by atomic mass is 79.9. The zero-order valence-corrected chi connectivity index (χ0v) is 9.55. The molecular formula is C10H10BrFN2. The van der Waals surface area contributed by atoms with Crippen molar-refractivity contribution in [2.24, 2.45) is 0 Å². The maximum absolute atomic E-state index is 13.2. The van der Waals surface area contributed by atoms with Gasteiger partial charge in [-0.15, -0.1) is 0 Å². The van der Waals surface area contributed by atoms with E-state index in [0.29, 0.717) is 10.0 Å². The predicted molar refractivity (Wildman–Crippen MR) is 56.1 cm³/mol. The highest BCUT2D eigenvalue weighted by Crippen LogP contribution is 2.22. The zero-order chi connectivity index (χ0) is 10.7. The average molecular weight is 257 g/mol. The van der Waals surface area contributed by atoms with Crippen LogP contribution < -0.4 is 0 Å². The van der Waals surface area contributed by atoms with E-state index in [1.54, 1.807) is 31.1 Å². The van der Waals surface area contributed by atoms with Gasteiger partial charge in [-0.3, -0.25) is 4.90 Å². The fourth-order valence-electron chi connectivity index (χ4n) is 1.17. The number of benzene rings is 1. The van der Waals surface area contributed by atoms with E-state index in [4.69, 9.17) is 5.26 Å². The topological polar surface area (TPSA) is 27.0 Å². The first kappa shape index (κ1) is 11.2. The summed E-state index contributed by atoms with van der Waals surface area (Å²) in [4.78, 5) is 1.74. The van der Waals surface area contributed by atoms with Gasteiger partial charge in [0.05, 0.1) is 10.5 Å². The number of hydrogen-bond donors (Lipinski definition) is 0. The average Bonchev–Trinajstić information content (AvgIpc) is 2.11. The molecule has 1 rings (SSSR count). The molecule has 1 unspecified atom stereocenters. The number of nitriles is 1.